The minimum atomic E-state index is 0.272. The molecule has 0 aliphatic carbocycles. The second kappa shape index (κ2) is 55.7. The molecule has 0 saturated heterocycles. The van der Waals surface area contributed by atoms with E-state index >= 15 is 4.79 Å². The number of aryl methyl sites for hydroxylation is 4. The smallest absolute Gasteiger partial charge is 0.164 e. The summed E-state index contributed by atoms with van der Waals surface area (Å²) in [7, 11) is 0. The van der Waals surface area contributed by atoms with Crippen LogP contribution in [0.15, 0.2) is 24.3 Å². The van der Waals surface area contributed by atoms with Gasteiger partial charge in [-0.05, 0) is 86.8 Å². The molecular weight excluding hydrogens is 1500 g/mol. The fraction of sp³-hybridized carbons (Fsp3) is 0.729. The van der Waals surface area contributed by atoms with Crippen molar-refractivity contribution in [1.82, 2.24) is 19.9 Å². The number of unbranched alkanes of at least 4 members (excludes halogenated alkanes) is 46. The lowest BCUT2D eigenvalue weighted by Crippen LogP contribution is -2.10. The van der Waals surface area contributed by atoms with Gasteiger partial charge >= 0.3 is 0 Å². The number of nitrogens with zero attached hydrogens (tertiary/aromatic N) is 4. The second-order valence-corrected chi connectivity index (χ2v) is 41.9. The molecule has 0 fully saturated rings. The lowest BCUT2D eigenvalue weighted by Gasteiger charge is -2.16. The number of rotatable bonds is 69. The van der Waals surface area contributed by atoms with Crippen LogP contribution in [0.3, 0.4) is 0 Å². The van der Waals surface area contributed by atoms with Crippen LogP contribution in [0, 0.1) is 25.7 Å². The maximum absolute atomic E-state index is 15.7. The number of carbonyl (C=O) groups is 2. The summed E-state index contributed by atoms with van der Waals surface area (Å²) >= 11 is 14.1. The Morgan fingerprint density at radius 2 is 0.500 bits per heavy atom. The summed E-state index contributed by atoms with van der Waals surface area (Å²) in [4.78, 5) is 65.8. The predicted octanol–water partition coefficient (Wildman–Crippen LogP) is 36.4. The Hall–Kier alpha value is -2.82. The third kappa shape index (κ3) is 33.3. The minimum absolute atomic E-state index is 0.272. The Kier molecular flexibility index (Phi) is 47.0. The summed E-state index contributed by atoms with van der Waals surface area (Å²) in [5.74, 6) is 1.35. The van der Waals surface area contributed by atoms with Crippen molar-refractivity contribution >= 4 is 122 Å². The Bertz CT molecular complexity index is 3670. The van der Waals surface area contributed by atoms with Gasteiger partial charge in [0.25, 0.3) is 0 Å². The Morgan fingerprint density at radius 3 is 0.836 bits per heavy atom. The molecule has 8 aromatic heterocycles. The van der Waals surface area contributed by atoms with Gasteiger partial charge in [-0.15, -0.1) is 45.3 Å². The van der Waals surface area contributed by atoms with E-state index in [1.54, 1.807) is 68.0 Å². The Labute approximate surface area is 703 Å². The van der Waals surface area contributed by atoms with Gasteiger partial charge in [-0.3, -0.25) is 9.59 Å². The van der Waals surface area contributed by atoms with Crippen molar-refractivity contribution in [3.05, 3.63) is 56.3 Å². The standard InChI is InChI=1S/C96H150N4O2S8/c1-9-15-21-27-33-37-39-41-43-47-53-59-65-77-67-73(7)103-85(77)89-97-93-94(107-89)98-90(108-93)86-78(66-60-54-48-44-42-40-38-34-28-22-16-10-2)71-83(105-86)84-72-80(82(102)70-76(62-56-50-32-26-20-14-6)64-58-52-46-36-30-24-18-12-4)88(106-84)92-100-96-95(110-92)99-91(109-96)87-79(68-74(8)104-87)81(101)69-75(61-55-49-31-25-19-13-5)63-57-51-45-35-29-23-17-11-3/h67-68,71-72,75-76H,9-66,69-70H2,1-8H3. The molecule has 0 aliphatic heterocycles. The average Bonchev–Trinajstić information content (AvgIpc) is 1.61. The molecule has 8 aromatic rings. The van der Waals surface area contributed by atoms with Crippen LogP contribution in [0.1, 0.15) is 456 Å². The molecule has 8 rings (SSSR count). The SMILES string of the molecule is CCCCCCCCCCCCCCc1cc(C)sc1-c1nc2sc(-c3sc(-c4cc(C(=O)CC(CCCCCCCC)CCCCCCCCCC)c(-c5nc6sc(-c7sc(C)cc7C(=O)CC(CCCCCCCC)CCCCCCCCCC)nc6s5)s4)cc3CCCCCCCCCCCCCC)nc2s1. The van der Waals surface area contributed by atoms with Crippen LogP contribution in [-0.2, 0) is 12.8 Å². The fourth-order valence-corrected chi connectivity index (χ4v) is 25.6. The average molecular weight is 1650 g/mol. The van der Waals surface area contributed by atoms with Gasteiger partial charge < -0.3 is 0 Å². The Morgan fingerprint density at radius 1 is 0.264 bits per heavy atom. The molecule has 0 amide bonds. The molecule has 6 nitrogen and oxygen atoms in total. The molecule has 14 heteroatoms. The van der Waals surface area contributed by atoms with Gasteiger partial charge in [0.1, 0.15) is 20.0 Å². The van der Waals surface area contributed by atoms with Gasteiger partial charge in [0.05, 0.1) is 19.5 Å². The first-order chi connectivity index (χ1) is 54.0. The van der Waals surface area contributed by atoms with E-state index in [9.17, 15) is 4.79 Å². The van der Waals surface area contributed by atoms with Crippen molar-refractivity contribution in [3.63, 3.8) is 0 Å². The van der Waals surface area contributed by atoms with E-state index in [4.69, 9.17) is 19.9 Å². The molecule has 8 heterocycles. The van der Waals surface area contributed by atoms with Gasteiger partial charge in [-0.25, -0.2) is 19.9 Å². The number of carbonyl (C=O) groups excluding carboxylic acids is 2. The number of ketones is 2. The van der Waals surface area contributed by atoms with E-state index in [1.807, 2.05) is 22.7 Å². The number of aromatic nitrogens is 4. The molecule has 614 valence electrons. The monoisotopic (exact) mass is 1650 g/mol. The van der Waals surface area contributed by atoms with E-state index in [1.165, 1.54) is 358 Å². The van der Waals surface area contributed by atoms with E-state index in [-0.39, 0.29) is 11.6 Å². The third-order valence-corrected chi connectivity index (χ3v) is 32.6. The highest BCUT2D eigenvalue weighted by atomic mass is 32.1. The fourth-order valence-electron chi connectivity index (χ4n) is 16.6. The van der Waals surface area contributed by atoms with Crippen LogP contribution in [-0.4, -0.2) is 31.5 Å². The molecule has 0 aliphatic rings. The lowest BCUT2D eigenvalue weighted by atomic mass is 9.88. The maximum Gasteiger partial charge on any atom is 0.164 e. The van der Waals surface area contributed by atoms with Crippen LogP contribution in [0.25, 0.3) is 68.6 Å². The first-order valence-electron chi connectivity index (χ1n) is 46.1. The highest BCUT2D eigenvalue weighted by Gasteiger charge is 2.29. The third-order valence-electron chi connectivity index (χ3n) is 23.3. The molecule has 0 spiro atoms. The lowest BCUT2D eigenvalue weighted by molar-refractivity contribution is 0.0947. The maximum atomic E-state index is 15.7. The van der Waals surface area contributed by atoms with Crippen LogP contribution in [0.4, 0.5) is 0 Å². The van der Waals surface area contributed by atoms with Crippen LogP contribution >= 0.6 is 90.7 Å². The molecular formula is C96H150N4O2S8. The van der Waals surface area contributed by atoms with Crippen molar-refractivity contribution in [3.8, 4) is 49.3 Å². The number of thiophene rings is 4. The molecule has 0 N–H and O–H groups in total. The molecule has 0 saturated carbocycles. The predicted molar refractivity (Wildman–Crippen MR) is 497 cm³/mol. The molecule has 110 heavy (non-hydrogen) atoms. The quantitative estimate of drug-likeness (QED) is 0.0279. The summed E-state index contributed by atoms with van der Waals surface area (Å²) in [5.41, 5.74) is 4.54. The highest BCUT2D eigenvalue weighted by Crippen LogP contribution is 2.50. The first kappa shape index (κ1) is 92.7. The first-order valence-corrected chi connectivity index (χ1v) is 52.7. The zero-order valence-corrected chi connectivity index (χ0v) is 77.3. The summed E-state index contributed by atoms with van der Waals surface area (Å²) in [6.07, 6.45) is 76.6. The summed E-state index contributed by atoms with van der Waals surface area (Å²) in [5, 5.41) is 4.01. The molecule has 0 aromatic carbocycles. The number of fused-ring (bicyclic) bond motifs is 2. The largest absolute Gasteiger partial charge is 0.294 e. The molecule has 2 unspecified atom stereocenters. The number of thiazole rings is 4. The number of hydrogen-bond acceptors (Lipinski definition) is 14. The zero-order valence-electron chi connectivity index (χ0n) is 70.8. The van der Waals surface area contributed by atoms with Gasteiger partial charge in [0.2, 0.25) is 0 Å². The molecule has 2 atom stereocenters. The summed E-state index contributed by atoms with van der Waals surface area (Å²) < 4.78 is 0. The van der Waals surface area contributed by atoms with Crippen LogP contribution < -0.4 is 0 Å². The van der Waals surface area contributed by atoms with Gasteiger partial charge in [0, 0.05) is 43.5 Å². The number of Topliss-reactive ketones (excluding diaryl/α,β-unsaturated/α-hetero) is 2. The second-order valence-electron chi connectivity index (χ2n) is 33.3. The normalized spacial score (nSPS) is 12.5. The molecule has 0 radical (unpaired) electrons. The van der Waals surface area contributed by atoms with Crippen molar-refractivity contribution < 1.29 is 9.59 Å². The van der Waals surface area contributed by atoms with Crippen LogP contribution in [0.5, 0.6) is 0 Å². The van der Waals surface area contributed by atoms with Crippen molar-refractivity contribution in [2.24, 2.45) is 11.8 Å². The van der Waals surface area contributed by atoms with E-state index < -0.39 is 0 Å². The van der Waals surface area contributed by atoms with Crippen molar-refractivity contribution in [2.45, 2.75) is 441 Å². The van der Waals surface area contributed by atoms with Gasteiger partial charge in [-0.2, -0.15) is 0 Å². The molecule has 0 bridgehead atoms. The van der Waals surface area contributed by atoms with Gasteiger partial charge in [-0.1, -0.05) is 434 Å². The Balaban J connectivity index is 1.07. The number of hydrogen-bond donors (Lipinski definition) is 0. The van der Waals surface area contributed by atoms with Crippen molar-refractivity contribution in [1.29, 1.82) is 0 Å². The zero-order chi connectivity index (χ0) is 77.6. The minimum Gasteiger partial charge on any atom is -0.294 e. The van der Waals surface area contributed by atoms with Crippen molar-refractivity contribution in [2.75, 3.05) is 0 Å². The van der Waals surface area contributed by atoms with Gasteiger partial charge in [0.15, 0.2) is 30.9 Å². The van der Waals surface area contributed by atoms with E-state index in [0.717, 1.165) is 115 Å². The van der Waals surface area contributed by atoms with Crippen LogP contribution in [0.2, 0.25) is 0 Å². The van der Waals surface area contributed by atoms with E-state index in [0.29, 0.717) is 24.7 Å². The topological polar surface area (TPSA) is 85.7 Å². The summed E-state index contributed by atoms with van der Waals surface area (Å²) in [6, 6.07) is 9.36. The van der Waals surface area contributed by atoms with E-state index in [2.05, 4.69) is 79.7 Å². The highest BCUT2D eigenvalue weighted by molar-refractivity contribution is 7.34. The summed E-state index contributed by atoms with van der Waals surface area (Å²) in [6.45, 7) is 18.3.